The quantitative estimate of drug-likeness (QED) is 0.784. The molecule has 0 bridgehead atoms. The van der Waals surface area contributed by atoms with Crippen molar-refractivity contribution in [3.8, 4) is 0 Å². The molecule has 1 aromatic rings. The van der Waals surface area contributed by atoms with Crippen LogP contribution in [-0.2, 0) is 4.79 Å². The number of hydrogen-bond donors (Lipinski definition) is 1. The molecule has 4 heteroatoms. The molecule has 0 fully saturated rings. The van der Waals surface area contributed by atoms with Gasteiger partial charge in [-0.15, -0.1) is 0 Å². The molecule has 0 aliphatic carbocycles. The van der Waals surface area contributed by atoms with Gasteiger partial charge >= 0.3 is 0 Å². The first-order chi connectivity index (χ1) is 9.06. The number of amides is 1. The molecule has 0 atom stereocenters. The molecular formula is C15H19ClFNO. The van der Waals surface area contributed by atoms with E-state index < -0.39 is 5.82 Å². The van der Waals surface area contributed by atoms with Gasteiger partial charge in [-0.1, -0.05) is 44.4 Å². The Morgan fingerprint density at radius 1 is 1.42 bits per heavy atom. The Hall–Kier alpha value is -1.35. The predicted molar refractivity (Wildman–Crippen MR) is 77.5 cm³/mol. The molecule has 104 valence electrons. The lowest BCUT2D eigenvalue weighted by Gasteiger charge is -2.11. The van der Waals surface area contributed by atoms with Crippen LogP contribution in [0.4, 0.5) is 4.39 Å². The lowest BCUT2D eigenvalue weighted by molar-refractivity contribution is -0.116. The Morgan fingerprint density at radius 3 is 2.68 bits per heavy atom. The first-order valence-electron chi connectivity index (χ1n) is 6.47. The molecule has 0 aliphatic rings. The summed E-state index contributed by atoms with van der Waals surface area (Å²) in [6, 6.07) is 4.34. The van der Waals surface area contributed by atoms with Gasteiger partial charge in [0.05, 0.1) is 5.02 Å². The standard InChI is InChI=1S/C15H19ClFNO/c1-3-11(4-2)10-18-15(19)8-6-12-5-7-14(17)13(16)9-12/h5-9,11H,3-4,10H2,1-2H3,(H,18,19)/b8-6+. The van der Waals surface area contributed by atoms with E-state index in [1.54, 1.807) is 12.1 Å². The molecule has 1 amide bonds. The van der Waals surface area contributed by atoms with E-state index in [0.717, 1.165) is 12.8 Å². The third-order valence-electron chi connectivity index (χ3n) is 3.09. The van der Waals surface area contributed by atoms with Crippen LogP contribution in [0.3, 0.4) is 0 Å². The summed E-state index contributed by atoms with van der Waals surface area (Å²) < 4.78 is 12.9. The zero-order valence-electron chi connectivity index (χ0n) is 11.2. The molecule has 1 aromatic carbocycles. The van der Waals surface area contributed by atoms with E-state index in [0.29, 0.717) is 18.0 Å². The van der Waals surface area contributed by atoms with E-state index in [9.17, 15) is 9.18 Å². The average Bonchev–Trinajstić information content (AvgIpc) is 2.41. The van der Waals surface area contributed by atoms with Crippen molar-refractivity contribution in [3.63, 3.8) is 0 Å². The molecule has 2 nitrogen and oxygen atoms in total. The first kappa shape index (κ1) is 15.7. The zero-order valence-corrected chi connectivity index (χ0v) is 12.0. The number of carbonyl (C=O) groups excluding carboxylic acids is 1. The number of carbonyl (C=O) groups is 1. The molecule has 0 aliphatic heterocycles. The number of halogens is 2. The van der Waals surface area contributed by atoms with E-state index in [1.807, 2.05) is 0 Å². The molecule has 1 rings (SSSR count). The van der Waals surface area contributed by atoms with Gasteiger partial charge in [0, 0.05) is 12.6 Å². The minimum Gasteiger partial charge on any atom is -0.352 e. The Kier molecular flexibility index (Phi) is 6.57. The van der Waals surface area contributed by atoms with Gasteiger partial charge in [-0.05, 0) is 29.7 Å². The Balaban J connectivity index is 2.51. The Labute approximate surface area is 118 Å². The normalized spacial score (nSPS) is 11.2. The number of nitrogens with one attached hydrogen (secondary N) is 1. The minimum absolute atomic E-state index is 0.0552. The summed E-state index contributed by atoms with van der Waals surface area (Å²) >= 11 is 5.66. The Bertz CT molecular complexity index is 455. The number of rotatable bonds is 6. The van der Waals surface area contributed by atoms with E-state index in [1.165, 1.54) is 18.2 Å². The van der Waals surface area contributed by atoms with Gasteiger partial charge in [-0.2, -0.15) is 0 Å². The lowest BCUT2D eigenvalue weighted by atomic mass is 10.0. The number of hydrogen-bond acceptors (Lipinski definition) is 1. The van der Waals surface area contributed by atoms with Gasteiger partial charge in [-0.25, -0.2) is 4.39 Å². The summed E-state index contributed by atoms with van der Waals surface area (Å²) in [7, 11) is 0. The molecule has 0 radical (unpaired) electrons. The second kappa shape index (κ2) is 7.95. The van der Waals surface area contributed by atoms with Crippen molar-refractivity contribution in [3.05, 3.63) is 40.7 Å². The van der Waals surface area contributed by atoms with Gasteiger partial charge in [0.1, 0.15) is 5.82 Å². The van der Waals surface area contributed by atoms with Crippen molar-refractivity contribution in [2.45, 2.75) is 26.7 Å². The molecule has 1 N–H and O–H groups in total. The van der Waals surface area contributed by atoms with Gasteiger partial charge in [0.15, 0.2) is 0 Å². The molecular weight excluding hydrogens is 265 g/mol. The summed E-state index contributed by atoms with van der Waals surface area (Å²) in [5, 5.41) is 2.90. The van der Waals surface area contributed by atoms with Crippen molar-refractivity contribution < 1.29 is 9.18 Å². The van der Waals surface area contributed by atoms with E-state index in [2.05, 4.69) is 19.2 Å². The fraction of sp³-hybridized carbons (Fsp3) is 0.400. The van der Waals surface area contributed by atoms with Gasteiger partial charge in [-0.3, -0.25) is 4.79 Å². The highest BCUT2D eigenvalue weighted by molar-refractivity contribution is 6.30. The molecule has 0 saturated carbocycles. The summed E-state index contributed by atoms with van der Waals surface area (Å²) in [5.74, 6) is -0.0954. The van der Waals surface area contributed by atoms with Crippen molar-refractivity contribution >= 4 is 23.6 Å². The van der Waals surface area contributed by atoms with Crippen LogP contribution < -0.4 is 5.32 Å². The molecule has 0 heterocycles. The smallest absolute Gasteiger partial charge is 0.244 e. The summed E-state index contributed by atoms with van der Waals surface area (Å²) in [6.45, 7) is 4.90. The molecule has 0 spiro atoms. The number of benzene rings is 1. The van der Waals surface area contributed by atoms with Crippen LogP contribution in [-0.4, -0.2) is 12.5 Å². The van der Waals surface area contributed by atoms with E-state index in [-0.39, 0.29) is 10.9 Å². The largest absolute Gasteiger partial charge is 0.352 e. The van der Waals surface area contributed by atoms with Crippen molar-refractivity contribution in [1.29, 1.82) is 0 Å². The van der Waals surface area contributed by atoms with Crippen molar-refractivity contribution in [2.75, 3.05) is 6.54 Å². The SMILES string of the molecule is CCC(CC)CNC(=O)/C=C/c1ccc(F)c(Cl)c1. The van der Waals surface area contributed by atoms with Crippen molar-refractivity contribution in [1.82, 2.24) is 5.32 Å². The third kappa shape index (κ3) is 5.43. The Morgan fingerprint density at radius 2 is 2.11 bits per heavy atom. The van der Waals surface area contributed by atoms with Gasteiger partial charge in [0.25, 0.3) is 0 Å². The fourth-order valence-corrected chi connectivity index (χ4v) is 1.86. The maximum atomic E-state index is 12.9. The van der Waals surface area contributed by atoms with Crippen LogP contribution in [0.15, 0.2) is 24.3 Å². The summed E-state index contributed by atoms with van der Waals surface area (Å²) in [5.41, 5.74) is 0.698. The molecule has 19 heavy (non-hydrogen) atoms. The van der Waals surface area contributed by atoms with Gasteiger partial charge in [0.2, 0.25) is 5.91 Å². The van der Waals surface area contributed by atoms with Gasteiger partial charge < -0.3 is 5.32 Å². The van der Waals surface area contributed by atoms with Crippen LogP contribution in [0, 0.1) is 11.7 Å². The second-order valence-corrected chi connectivity index (χ2v) is 4.84. The summed E-state index contributed by atoms with van der Waals surface area (Å²) in [4.78, 5) is 11.6. The molecule has 0 aromatic heterocycles. The average molecular weight is 284 g/mol. The van der Waals surface area contributed by atoms with Crippen molar-refractivity contribution in [2.24, 2.45) is 5.92 Å². The monoisotopic (exact) mass is 283 g/mol. The van der Waals surface area contributed by atoms with E-state index in [4.69, 9.17) is 11.6 Å². The maximum Gasteiger partial charge on any atom is 0.244 e. The van der Waals surface area contributed by atoms with Crippen LogP contribution in [0.25, 0.3) is 6.08 Å². The second-order valence-electron chi connectivity index (χ2n) is 4.43. The minimum atomic E-state index is -0.461. The topological polar surface area (TPSA) is 29.1 Å². The highest BCUT2D eigenvalue weighted by Crippen LogP contribution is 2.16. The highest BCUT2D eigenvalue weighted by Gasteiger charge is 2.04. The molecule has 0 saturated heterocycles. The molecule has 0 unspecified atom stereocenters. The maximum absolute atomic E-state index is 12.9. The highest BCUT2D eigenvalue weighted by atomic mass is 35.5. The zero-order chi connectivity index (χ0) is 14.3. The first-order valence-corrected chi connectivity index (χ1v) is 6.85. The van der Waals surface area contributed by atoms with Crippen LogP contribution in [0.2, 0.25) is 5.02 Å². The third-order valence-corrected chi connectivity index (χ3v) is 3.38. The predicted octanol–water partition coefficient (Wildman–Crippen LogP) is 4.04. The van der Waals surface area contributed by atoms with E-state index >= 15 is 0 Å². The lowest BCUT2D eigenvalue weighted by Crippen LogP contribution is -2.27. The summed E-state index contributed by atoms with van der Waals surface area (Å²) in [6.07, 6.45) is 5.15. The van der Waals surface area contributed by atoms with Crippen LogP contribution in [0.5, 0.6) is 0 Å². The fourth-order valence-electron chi connectivity index (χ4n) is 1.67. The van der Waals surface area contributed by atoms with Crippen LogP contribution in [0.1, 0.15) is 32.3 Å². The van der Waals surface area contributed by atoms with Crippen LogP contribution >= 0.6 is 11.6 Å².